The number of hydrogen-bond donors (Lipinski definition) is 0. The Morgan fingerprint density at radius 1 is 1.16 bits per heavy atom. The van der Waals surface area contributed by atoms with Crippen LogP contribution in [0.25, 0.3) is 0 Å². The van der Waals surface area contributed by atoms with Crippen LogP contribution in [0.3, 0.4) is 0 Å². The van der Waals surface area contributed by atoms with E-state index in [1.54, 1.807) is 24.3 Å². The first-order chi connectivity index (χ1) is 9.13. The van der Waals surface area contributed by atoms with E-state index in [-0.39, 0.29) is 12.4 Å². The predicted octanol–water partition coefficient (Wildman–Crippen LogP) is 4.29. The fourth-order valence-electron chi connectivity index (χ4n) is 1.62. The van der Waals surface area contributed by atoms with E-state index in [2.05, 4.69) is 15.9 Å². The molecule has 0 unspecified atom stereocenters. The highest BCUT2D eigenvalue weighted by atomic mass is 79.9. The summed E-state index contributed by atoms with van der Waals surface area (Å²) in [5, 5.41) is 0.646. The van der Waals surface area contributed by atoms with Gasteiger partial charge in [-0.3, -0.25) is 4.79 Å². The van der Waals surface area contributed by atoms with E-state index in [4.69, 9.17) is 16.3 Å². The second kappa shape index (κ2) is 6.73. The summed E-state index contributed by atoms with van der Waals surface area (Å²) in [5.74, 6) is 0.681. The van der Waals surface area contributed by atoms with Crippen LogP contribution in [0.1, 0.15) is 5.56 Å². The van der Waals surface area contributed by atoms with Crippen molar-refractivity contribution in [2.45, 2.75) is 6.42 Å². The summed E-state index contributed by atoms with van der Waals surface area (Å²) in [6.45, 7) is 0.0636. The van der Waals surface area contributed by atoms with Crippen LogP contribution in [-0.4, -0.2) is 12.4 Å². The maximum Gasteiger partial charge on any atom is 0.174 e. The Morgan fingerprint density at radius 3 is 2.58 bits per heavy atom. The quantitative estimate of drug-likeness (QED) is 0.812. The third-order valence-corrected chi connectivity index (χ3v) is 3.25. The summed E-state index contributed by atoms with van der Waals surface area (Å²) in [6, 6.07) is 14.6. The molecule has 0 atom stereocenters. The van der Waals surface area contributed by atoms with Crippen molar-refractivity contribution in [1.82, 2.24) is 0 Å². The lowest BCUT2D eigenvalue weighted by Gasteiger charge is -2.06. The third kappa shape index (κ3) is 4.69. The number of hydrogen-bond acceptors (Lipinski definition) is 2. The second-order valence-electron chi connectivity index (χ2n) is 4.09. The standard InChI is InChI=1S/C15H12BrClO2/c16-12-3-1-2-11(8-12)9-14(18)10-19-15-6-4-13(17)5-7-15/h1-8H,9-10H2. The van der Waals surface area contributed by atoms with Gasteiger partial charge >= 0.3 is 0 Å². The second-order valence-corrected chi connectivity index (χ2v) is 5.44. The Kier molecular flexibility index (Phi) is 5.00. The maximum atomic E-state index is 11.8. The zero-order valence-electron chi connectivity index (χ0n) is 10.1. The average molecular weight is 340 g/mol. The largest absolute Gasteiger partial charge is 0.486 e. The lowest BCUT2D eigenvalue weighted by molar-refractivity contribution is -0.120. The van der Waals surface area contributed by atoms with Gasteiger partial charge in [0.1, 0.15) is 12.4 Å². The molecule has 0 aliphatic carbocycles. The molecule has 0 aliphatic heterocycles. The molecule has 19 heavy (non-hydrogen) atoms. The van der Waals surface area contributed by atoms with Gasteiger partial charge in [0.2, 0.25) is 0 Å². The summed E-state index contributed by atoms with van der Waals surface area (Å²) >= 11 is 9.15. The molecule has 0 aromatic heterocycles. The first-order valence-electron chi connectivity index (χ1n) is 5.78. The van der Waals surface area contributed by atoms with Crippen LogP contribution >= 0.6 is 27.5 Å². The van der Waals surface area contributed by atoms with Crippen LogP contribution in [-0.2, 0) is 11.2 Å². The molecular formula is C15H12BrClO2. The smallest absolute Gasteiger partial charge is 0.174 e. The monoisotopic (exact) mass is 338 g/mol. The molecule has 0 bridgehead atoms. The highest BCUT2D eigenvalue weighted by Crippen LogP contribution is 2.16. The highest BCUT2D eigenvalue weighted by Gasteiger charge is 2.05. The molecular weight excluding hydrogens is 328 g/mol. The van der Waals surface area contributed by atoms with Crippen molar-refractivity contribution in [2.24, 2.45) is 0 Å². The predicted molar refractivity (Wildman–Crippen MR) is 79.8 cm³/mol. The van der Waals surface area contributed by atoms with Gasteiger partial charge in [-0.25, -0.2) is 0 Å². The van der Waals surface area contributed by atoms with Crippen LogP contribution < -0.4 is 4.74 Å². The highest BCUT2D eigenvalue weighted by molar-refractivity contribution is 9.10. The third-order valence-electron chi connectivity index (χ3n) is 2.50. The van der Waals surface area contributed by atoms with Gasteiger partial charge in [0.15, 0.2) is 5.78 Å². The first kappa shape index (κ1) is 14.1. The molecule has 0 saturated heterocycles. The summed E-state index contributed by atoms with van der Waals surface area (Å²) in [6.07, 6.45) is 0.368. The molecule has 0 amide bonds. The van der Waals surface area contributed by atoms with E-state index < -0.39 is 0 Å². The van der Waals surface area contributed by atoms with Gasteiger partial charge in [-0.2, -0.15) is 0 Å². The van der Waals surface area contributed by atoms with E-state index in [0.29, 0.717) is 17.2 Å². The lowest BCUT2D eigenvalue weighted by Crippen LogP contribution is -2.13. The molecule has 0 aliphatic rings. The topological polar surface area (TPSA) is 26.3 Å². The molecule has 2 rings (SSSR count). The number of halogens is 2. The average Bonchev–Trinajstić information content (AvgIpc) is 2.38. The number of Topliss-reactive ketones (excluding diaryl/α,β-unsaturated/α-hetero) is 1. The maximum absolute atomic E-state index is 11.8. The van der Waals surface area contributed by atoms with Crippen molar-refractivity contribution < 1.29 is 9.53 Å². The van der Waals surface area contributed by atoms with Crippen LogP contribution in [0.15, 0.2) is 53.0 Å². The van der Waals surface area contributed by atoms with E-state index in [0.717, 1.165) is 10.0 Å². The zero-order chi connectivity index (χ0) is 13.7. The van der Waals surface area contributed by atoms with Crippen molar-refractivity contribution in [3.8, 4) is 5.75 Å². The molecule has 2 aromatic carbocycles. The first-order valence-corrected chi connectivity index (χ1v) is 6.95. The van der Waals surface area contributed by atoms with Crippen molar-refractivity contribution in [1.29, 1.82) is 0 Å². The molecule has 4 heteroatoms. The Bertz CT molecular complexity index is 567. The molecule has 98 valence electrons. The van der Waals surface area contributed by atoms with Gasteiger partial charge in [-0.1, -0.05) is 39.7 Å². The van der Waals surface area contributed by atoms with Gasteiger partial charge in [0.25, 0.3) is 0 Å². The van der Waals surface area contributed by atoms with Gasteiger partial charge in [0.05, 0.1) is 0 Å². The number of benzene rings is 2. The van der Waals surface area contributed by atoms with Crippen LogP contribution in [0.2, 0.25) is 5.02 Å². The SMILES string of the molecule is O=C(COc1ccc(Cl)cc1)Cc1cccc(Br)c1. The van der Waals surface area contributed by atoms with Crippen LogP contribution in [0.5, 0.6) is 5.75 Å². The summed E-state index contributed by atoms with van der Waals surface area (Å²) < 4.78 is 6.37. The number of ether oxygens (including phenoxy) is 1. The van der Waals surface area contributed by atoms with E-state index in [9.17, 15) is 4.79 Å². The number of rotatable bonds is 5. The van der Waals surface area contributed by atoms with E-state index in [1.807, 2.05) is 24.3 Å². The van der Waals surface area contributed by atoms with E-state index in [1.165, 1.54) is 0 Å². The zero-order valence-corrected chi connectivity index (χ0v) is 12.4. The van der Waals surface area contributed by atoms with Gasteiger partial charge in [-0.05, 0) is 42.0 Å². The molecule has 2 nitrogen and oxygen atoms in total. The minimum Gasteiger partial charge on any atom is -0.486 e. The summed E-state index contributed by atoms with van der Waals surface area (Å²) in [7, 11) is 0. The summed E-state index contributed by atoms with van der Waals surface area (Å²) in [4.78, 5) is 11.8. The molecule has 0 heterocycles. The van der Waals surface area contributed by atoms with Gasteiger partial charge in [-0.15, -0.1) is 0 Å². The van der Waals surface area contributed by atoms with Crippen LogP contribution in [0, 0.1) is 0 Å². The number of carbonyl (C=O) groups excluding carboxylic acids is 1. The minimum atomic E-state index is 0.0352. The molecule has 2 aromatic rings. The van der Waals surface area contributed by atoms with Crippen molar-refractivity contribution in [3.05, 3.63) is 63.6 Å². The molecule has 0 fully saturated rings. The van der Waals surface area contributed by atoms with Crippen molar-refractivity contribution in [2.75, 3.05) is 6.61 Å². The number of ketones is 1. The molecule has 0 N–H and O–H groups in total. The van der Waals surface area contributed by atoms with Crippen LogP contribution in [0.4, 0.5) is 0 Å². The van der Waals surface area contributed by atoms with Gasteiger partial charge in [0, 0.05) is 15.9 Å². The lowest BCUT2D eigenvalue weighted by atomic mass is 10.1. The molecule has 0 saturated carbocycles. The molecule has 0 radical (unpaired) electrons. The normalized spacial score (nSPS) is 10.2. The Balaban J connectivity index is 1.86. The number of carbonyl (C=O) groups is 1. The molecule has 0 spiro atoms. The van der Waals surface area contributed by atoms with E-state index >= 15 is 0 Å². The fourth-order valence-corrected chi connectivity index (χ4v) is 2.19. The Labute approximate surface area is 125 Å². The Morgan fingerprint density at radius 2 is 1.89 bits per heavy atom. The minimum absolute atomic E-state index is 0.0352. The Hall–Kier alpha value is -1.32. The summed E-state index contributed by atoms with van der Waals surface area (Å²) in [5.41, 5.74) is 0.971. The van der Waals surface area contributed by atoms with Crippen molar-refractivity contribution >= 4 is 33.3 Å². The van der Waals surface area contributed by atoms with Crippen molar-refractivity contribution in [3.63, 3.8) is 0 Å². The van der Waals surface area contributed by atoms with Gasteiger partial charge < -0.3 is 4.74 Å². The fraction of sp³-hybridized carbons (Fsp3) is 0.133.